The third-order valence-corrected chi connectivity index (χ3v) is 4.27. The minimum Gasteiger partial charge on any atom is -0.464 e. The molecule has 2 saturated heterocycles. The van der Waals surface area contributed by atoms with E-state index in [-0.39, 0.29) is 24.6 Å². The summed E-state index contributed by atoms with van der Waals surface area (Å²) < 4.78 is 6.23. The van der Waals surface area contributed by atoms with Gasteiger partial charge in [0, 0.05) is 3.57 Å². The number of fused-ring (bicyclic) bond motifs is 1. The van der Waals surface area contributed by atoms with Gasteiger partial charge in [-0.15, -0.1) is 0 Å². The van der Waals surface area contributed by atoms with Crippen LogP contribution in [0.3, 0.4) is 0 Å². The molecule has 0 aliphatic carbocycles. The zero-order valence-corrected chi connectivity index (χ0v) is 12.3. The maximum atomic E-state index is 11.7. The van der Waals surface area contributed by atoms with Crippen molar-refractivity contribution in [3.8, 4) is 0 Å². The summed E-state index contributed by atoms with van der Waals surface area (Å²) in [6, 6.07) is 7.65. The van der Waals surface area contributed by atoms with Crippen LogP contribution in [0.4, 0.5) is 0 Å². The summed E-state index contributed by atoms with van der Waals surface area (Å²) in [4.78, 5) is 17.4. The second-order valence-electron chi connectivity index (χ2n) is 4.77. The lowest BCUT2D eigenvalue weighted by atomic mass is 9.98. The summed E-state index contributed by atoms with van der Waals surface area (Å²) in [6.07, 6.45) is -0.347. The fourth-order valence-electron chi connectivity index (χ4n) is 2.56. The number of halogens is 1. The van der Waals surface area contributed by atoms with Crippen LogP contribution >= 0.6 is 22.6 Å². The first-order valence-corrected chi connectivity index (χ1v) is 7.22. The van der Waals surface area contributed by atoms with E-state index >= 15 is 0 Å². The number of cyclic esters (lactones) is 1. The van der Waals surface area contributed by atoms with Crippen LogP contribution in [0.5, 0.6) is 0 Å². The van der Waals surface area contributed by atoms with E-state index in [1.54, 1.807) is 5.06 Å². The van der Waals surface area contributed by atoms with Gasteiger partial charge in [0.1, 0.15) is 12.1 Å². The van der Waals surface area contributed by atoms with E-state index in [0.717, 1.165) is 9.13 Å². The number of esters is 1. The number of hydrogen-bond acceptors (Lipinski definition) is 5. The highest BCUT2D eigenvalue weighted by atomic mass is 127. The predicted octanol–water partition coefficient (Wildman–Crippen LogP) is 0.941. The van der Waals surface area contributed by atoms with Crippen molar-refractivity contribution in [1.29, 1.82) is 0 Å². The van der Waals surface area contributed by atoms with Gasteiger partial charge in [-0.1, -0.05) is 12.1 Å². The molecule has 0 spiro atoms. The van der Waals surface area contributed by atoms with Gasteiger partial charge in [-0.3, -0.25) is 9.63 Å². The smallest absolute Gasteiger partial charge is 0.326 e. The SMILES string of the molecule is O=C1OCC2C(CO)ON(Cc3ccc(I)cc3)C12. The van der Waals surface area contributed by atoms with E-state index in [1.165, 1.54) is 0 Å². The maximum absolute atomic E-state index is 11.7. The summed E-state index contributed by atoms with van der Waals surface area (Å²) in [7, 11) is 0. The van der Waals surface area contributed by atoms with Crippen molar-refractivity contribution >= 4 is 28.6 Å². The highest BCUT2D eigenvalue weighted by Crippen LogP contribution is 2.34. The molecule has 1 N–H and O–H groups in total. The largest absolute Gasteiger partial charge is 0.464 e. The van der Waals surface area contributed by atoms with E-state index in [4.69, 9.17) is 9.57 Å². The third kappa shape index (κ3) is 2.49. The zero-order chi connectivity index (χ0) is 13.4. The highest BCUT2D eigenvalue weighted by molar-refractivity contribution is 14.1. The molecule has 0 aromatic heterocycles. The fraction of sp³-hybridized carbons (Fsp3) is 0.462. The second-order valence-corrected chi connectivity index (χ2v) is 6.01. The van der Waals surface area contributed by atoms with Crippen molar-refractivity contribution in [3.63, 3.8) is 0 Å². The molecule has 3 atom stereocenters. The Bertz CT molecular complexity index is 478. The second kappa shape index (κ2) is 5.35. The molecule has 2 fully saturated rings. The minimum absolute atomic E-state index is 0.0682. The van der Waals surface area contributed by atoms with Gasteiger partial charge in [-0.2, -0.15) is 5.06 Å². The standard InChI is InChI=1S/C13H14INO4/c14-9-3-1-8(2-4-9)5-15-12-10(7-18-13(12)17)11(6-16)19-15/h1-4,10-12,16H,5-7H2. The number of benzene rings is 1. The first-order valence-electron chi connectivity index (χ1n) is 6.14. The summed E-state index contributed by atoms with van der Waals surface area (Å²) in [6.45, 7) is 0.753. The maximum Gasteiger partial charge on any atom is 0.326 e. The van der Waals surface area contributed by atoms with Gasteiger partial charge in [0.25, 0.3) is 0 Å². The Hall–Kier alpha value is -0.700. The van der Waals surface area contributed by atoms with Gasteiger partial charge < -0.3 is 9.84 Å². The fourth-order valence-corrected chi connectivity index (χ4v) is 2.92. The van der Waals surface area contributed by atoms with Crippen LogP contribution in [-0.2, 0) is 20.9 Å². The lowest BCUT2D eigenvalue weighted by Crippen LogP contribution is -2.34. The Kier molecular flexibility index (Phi) is 3.75. The van der Waals surface area contributed by atoms with Crippen LogP contribution in [-0.4, -0.2) is 41.5 Å². The average molecular weight is 375 g/mol. The number of nitrogens with zero attached hydrogens (tertiary/aromatic N) is 1. The molecule has 3 rings (SSSR count). The lowest BCUT2D eigenvalue weighted by Gasteiger charge is -2.19. The molecule has 102 valence electrons. The lowest BCUT2D eigenvalue weighted by molar-refractivity contribution is -0.192. The van der Waals surface area contributed by atoms with Crippen molar-refractivity contribution in [3.05, 3.63) is 33.4 Å². The Morgan fingerprint density at radius 2 is 2.11 bits per heavy atom. The Morgan fingerprint density at radius 3 is 2.79 bits per heavy atom. The number of rotatable bonds is 3. The Balaban J connectivity index is 1.77. The number of hydrogen-bond donors (Lipinski definition) is 1. The van der Waals surface area contributed by atoms with Crippen molar-refractivity contribution < 1.29 is 19.5 Å². The van der Waals surface area contributed by atoms with Crippen LogP contribution in [0.2, 0.25) is 0 Å². The number of aliphatic hydroxyl groups is 1. The van der Waals surface area contributed by atoms with Gasteiger partial charge in [-0.25, -0.2) is 0 Å². The molecule has 0 radical (unpaired) electrons. The summed E-state index contributed by atoms with van der Waals surface area (Å²) in [5.41, 5.74) is 1.07. The van der Waals surface area contributed by atoms with Crippen molar-refractivity contribution in [2.24, 2.45) is 5.92 Å². The number of ether oxygens (including phenoxy) is 1. The van der Waals surface area contributed by atoms with E-state index < -0.39 is 6.04 Å². The molecule has 1 aromatic rings. The van der Waals surface area contributed by atoms with Gasteiger partial charge in [-0.05, 0) is 40.3 Å². The third-order valence-electron chi connectivity index (χ3n) is 3.56. The first-order chi connectivity index (χ1) is 9.19. The van der Waals surface area contributed by atoms with Crippen molar-refractivity contribution in [2.75, 3.05) is 13.2 Å². The van der Waals surface area contributed by atoms with Gasteiger partial charge in [0.2, 0.25) is 0 Å². The Labute approximate surface area is 124 Å². The molecule has 0 saturated carbocycles. The predicted molar refractivity (Wildman–Crippen MR) is 74.9 cm³/mol. The topological polar surface area (TPSA) is 59.0 Å². The molecule has 5 nitrogen and oxygen atoms in total. The molecular formula is C13H14INO4. The van der Waals surface area contributed by atoms with Crippen LogP contribution in [0.25, 0.3) is 0 Å². The molecule has 6 heteroatoms. The summed E-state index contributed by atoms with van der Waals surface area (Å²) >= 11 is 2.25. The number of carbonyl (C=O) groups is 1. The number of aliphatic hydroxyl groups excluding tert-OH is 1. The molecule has 1 aromatic carbocycles. The molecule has 2 heterocycles. The Morgan fingerprint density at radius 1 is 1.37 bits per heavy atom. The molecule has 2 aliphatic rings. The summed E-state index contributed by atoms with van der Waals surface area (Å²) in [5, 5.41) is 10.9. The van der Waals surface area contributed by atoms with E-state index in [1.807, 2.05) is 24.3 Å². The molecule has 3 unspecified atom stereocenters. The molecular weight excluding hydrogens is 361 g/mol. The number of hydroxylamine groups is 2. The van der Waals surface area contributed by atoms with Crippen molar-refractivity contribution in [1.82, 2.24) is 5.06 Å². The number of carbonyl (C=O) groups excluding carboxylic acids is 1. The molecule has 0 amide bonds. The van der Waals surface area contributed by atoms with Crippen LogP contribution < -0.4 is 0 Å². The first kappa shape index (κ1) is 13.3. The average Bonchev–Trinajstić information content (AvgIpc) is 2.94. The van der Waals surface area contributed by atoms with Gasteiger partial charge in [0.15, 0.2) is 0 Å². The molecule has 0 bridgehead atoms. The molecule has 2 aliphatic heterocycles. The van der Waals surface area contributed by atoms with E-state index in [0.29, 0.717) is 13.2 Å². The van der Waals surface area contributed by atoms with Crippen LogP contribution in [0, 0.1) is 9.49 Å². The van der Waals surface area contributed by atoms with E-state index in [2.05, 4.69) is 22.6 Å². The monoisotopic (exact) mass is 375 g/mol. The normalized spacial score (nSPS) is 30.4. The van der Waals surface area contributed by atoms with Crippen LogP contribution in [0.15, 0.2) is 24.3 Å². The summed E-state index contributed by atoms with van der Waals surface area (Å²) in [5.74, 6) is -0.326. The van der Waals surface area contributed by atoms with Crippen molar-refractivity contribution in [2.45, 2.75) is 18.7 Å². The highest BCUT2D eigenvalue weighted by Gasteiger charge is 2.52. The van der Waals surface area contributed by atoms with E-state index in [9.17, 15) is 9.90 Å². The van der Waals surface area contributed by atoms with Crippen LogP contribution in [0.1, 0.15) is 5.56 Å². The van der Waals surface area contributed by atoms with Gasteiger partial charge in [0.05, 0.1) is 25.7 Å². The zero-order valence-electron chi connectivity index (χ0n) is 10.2. The van der Waals surface area contributed by atoms with Gasteiger partial charge >= 0.3 is 5.97 Å². The quantitative estimate of drug-likeness (QED) is 0.630. The minimum atomic E-state index is -0.392. The molecule has 19 heavy (non-hydrogen) atoms.